The molecule has 0 bridgehead atoms. The second kappa shape index (κ2) is 9.28. The lowest BCUT2D eigenvalue weighted by Gasteiger charge is -2.11. The molecule has 0 spiro atoms. The second-order valence-electron chi connectivity index (χ2n) is 5.57. The Hall–Kier alpha value is -2.48. The lowest BCUT2D eigenvalue weighted by atomic mass is 10.1. The number of ether oxygens (including phenoxy) is 1. The predicted octanol–water partition coefficient (Wildman–Crippen LogP) is 5.64. The smallest absolute Gasteiger partial charge is 0.266 e. The SMILES string of the molecule is CCCOc1ccc(Cl)cc1/C=C(\C#N)C(=O)Nc1cccc(Cl)c1C. The molecule has 0 saturated carbocycles. The summed E-state index contributed by atoms with van der Waals surface area (Å²) in [6, 6.07) is 12.2. The highest BCUT2D eigenvalue weighted by Gasteiger charge is 2.13. The number of nitrogens with one attached hydrogen (secondary N) is 1. The first-order chi connectivity index (χ1) is 12.5. The lowest BCUT2D eigenvalue weighted by molar-refractivity contribution is -0.112. The molecule has 4 nitrogen and oxygen atoms in total. The van der Waals surface area contributed by atoms with Gasteiger partial charge >= 0.3 is 0 Å². The molecule has 0 aliphatic carbocycles. The zero-order chi connectivity index (χ0) is 19.1. The number of hydrogen-bond acceptors (Lipinski definition) is 3. The highest BCUT2D eigenvalue weighted by molar-refractivity contribution is 6.32. The first kappa shape index (κ1) is 19.8. The van der Waals surface area contributed by atoms with Gasteiger partial charge in [0.2, 0.25) is 0 Å². The summed E-state index contributed by atoms with van der Waals surface area (Å²) < 4.78 is 5.66. The van der Waals surface area contributed by atoms with E-state index in [-0.39, 0.29) is 5.57 Å². The fourth-order valence-electron chi connectivity index (χ4n) is 2.21. The van der Waals surface area contributed by atoms with Crippen LogP contribution in [0.5, 0.6) is 5.75 Å². The number of nitriles is 1. The van der Waals surface area contributed by atoms with Crippen LogP contribution in [0.25, 0.3) is 6.08 Å². The van der Waals surface area contributed by atoms with Crippen LogP contribution in [0.4, 0.5) is 5.69 Å². The summed E-state index contributed by atoms with van der Waals surface area (Å²) in [5, 5.41) is 13.2. The molecule has 26 heavy (non-hydrogen) atoms. The summed E-state index contributed by atoms with van der Waals surface area (Å²) >= 11 is 12.1. The maximum Gasteiger partial charge on any atom is 0.266 e. The molecular weight excluding hydrogens is 371 g/mol. The second-order valence-corrected chi connectivity index (χ2v) is 6.41. The van der Waals surface area contributed by atoms with Gasteiger partial charge in [-0.2, -0.15) is 5.26 Å². The van der Waals surface area contributed by atoms with Crippen molar-refractivity contribution < 1.29 is 9.53 Å². The highest BCUT2D eigenvalue weighted by Crippen LogP contribution is 2.27. The van der Waals surface area contributed by atoms with Gasteiger partial charge in [-0.3, -0.25) is 4.79 Å². The fraction of sp³-hybridized carbons (Fsp3) is 0.200. The molecule has 0 heterocycles. The van der Waals surface area contributed by atoms with Gasteiger partial charge in [0.25, 0.3) is 5.91 Å². The Bertz CT molecular complexity index is 886. The van der Waals surface area contributed by atoms with Gasteiger partial charge in [-0.05, 0) is 55.3 Å². The van der Waals surface area contributed by atoms with Gasteiger partial charge < -0.3 is 10.1 Å². The van der Waals surface area contributed by atoms with Crippen molar-refractivity contribution in [2.45, 2.75) is 20.3 Å². The van der Waals surface area contributed by atoms with E-state index >= 15 is 0 Å². The Balaban J connectivity index is 2.33. The van der Waals surface area contributed by atoms with Gasteiger partial charge in [-0.1, -0.05) is 36.2 Å². The Morgan fingerprint density at radius 2 is 2.08 bits per heavy atom. The molecule has 0 aliphatic rings. The maximum absolute atomic E-state index is 12.5. The van der Waals surface area contributed by atoms with Crippen LogP contribution < -0.4 is 10.1 Å². The molecule has 1 N–H and O–H groups in total. The minimum atomic E-state index is -0.528. The minimum Gasteiger partial charge on any atom is -0.493 e. The van der Waals surface area contributed by atoms with Crippen molar-refractivity contribution in [2.75, 3.05) is 11.9 Å². The average Bonchev–Trinajstić information content (AvgIpc) is 2.62. The quantitative estimate of drug-likeness (QED) is 0.514. The van der Waals surface area contributed by atoms with Crippen LogP contribution in [0.2, 0.25) is 10.0 Å². The van der Waals surface area contributed by atoms with E-state index in [0.29, 0.717) is 33.7 Å². The Kier molecular flexibility index (Phi) is 7.08. The molecule has 0 radical (unpaired) electrons. The van der Waals surface area contributed by atoms with Crippen molar-refractivity contribution in [2.24, 2.45) is 0 Å². The van der Waals surface area contributed by atoms with Crippen LogP contribution in [0, 0.1) is 18.3 Å². The molecule has 2 aromatic carbocycles. The zero-order valence-electron chi connectivity index (χ0n) is 14.5. The summed E-state index contributed by atoms with van der Waals surface area (Å²) in [5.41, 5.74) is 1.79. The predicted molar refractivity (Wildman–Crippen MR) is 106 cm³/mol. The number of nitrogens with zero attached hydrogens (tertiary/aromatic N) is 1. The van der Waals surface area contributed by atoms with Gasteiger partial charge in [0.05, 0.1) is 6.61 Å². The number of hydrogen-bond donors (Lipinski definition) is 1. The van der Waals surface area contributed by atoms with E-state index in [2.05, 4.69) is 5.32 Å². The zero-order valence-corrected chi connectivity index (χ0v) is 16.0. The van der Waals surface area contributed by atoms with Crippen LogP contribution in [0.3, 0.4) is 0 Å². The first-order valence-electron chi connectivity index (χ1n) is 8.07. The van der Waals surface area contributed by atoms with E-state index in [1.54, 1.807) is 43.3 Å². The molecule has 2 aromatic rings. The largest absolute Gasteiger partial charge is 0.493 e. The molecule has 0 atom stereocenters. The van der Waals surface area contributed by atoms with Crippen molar-refractivity contribution in [3.05, 3.63) is 63.1 Å². The Morgan fingerprint density at radius 1 is 1.31 bits per heavy atom. The van der Waals surface area contributed by atoms with Crippen LogP contribution in [0.15, 0.2) is 42.0 Å². The summed E-state index contributed by atoms with van der Waals surface area (Å²) in [6.45, 7) is 4.31. The van der Waals surface area contributed by atoms with E-state index in [9.17, 15) is 10.1 Å². The van der Waals surface area contributed by atoms with Gasteiger partial charge in [0, 0.05) is 21.3 Å². The Labute approximate surface area is 163 Å². The van der Waals surface area contributed by atoms with Crippen LogP contribution >= 0.6 is 23.2 Å². The van der Waals surface area contributed by atoms with Gasteiger partial charge in [-0.15, -0.1) is 0 Å². The first-order valence-corrected chi connectivity index (χ1v) is 8.82. The molecule has 1 amide bonds. The van der Waals surface area contributed by atoms with Gasteiger partial charge in [-0.25, -0.2) is 0 Å². The fourth-order valence-corrected chi connectivity index (χ4v) is 2.57. The summed E-state index contributed by atoms with van der Waals surface area (Å²) in [4.78, 5) is 12.5. The third kappa shape index (κ3) is 5.01. The van der Waals surface area contributed by atoms with E-state index < -0.39 is 5.91 Å². The molecule has 0 unspecified atom stereocenters. The van der Waals surface area contributed by atoms with Crippen LogP contribution in [-0.2, 0) is 4.79 Å². The average molecular weight is 389 g/mol. The van der Waals surface area contributed by atoms with E-state index in [0.717, 1.165) is 12.0 Å². The van der Waals surface area contributed by atoms with E-state index in [1.165, 1.54) is 6.08 Å². The molecule has 0 fully saturated rings. The lowest BCUT2D eigenvalue weighted by Crippen LogP contribution is -2.14. The highest BCUT2D eigenvalue weighted by atomic mass is 35.5. The molecule has 6 heteroatoms. The van der Waals surface area contributed by atoms with Gasteiger partial charge in [0.1, 0.15) is 17.4 Å². The molecule has 0 aromatic heterocycles. The minimum absolute atomic E-state index is 0.0620. The Morgan fingerprint density at radius 3 is 2.77 bits per heavy atom. The number of benzene rings is 2. The third-order valence-corrected chi connectivity index (χ3v) is 4.26. The van der Waals surface area contributed by atoms with Gasteiger partial charge in [0.15, 0.2) is 0 Å². The monoisotopic (exact) mass is 388 g/mol. The van der Waals surface area contributed by atoms with Crippen molar-refractivity contribution in [3.8, 4) is 11.8 Å². The van der Waals surface area contributed by atoms with E-state index in [1.807, 2.05) is 13.0 Å². The van der Waals surface area contributed by atoms with Crippen molar-refractivity contribution >= 4 is 40.9 Å². The number of amides is 1. The molecule has 134 valence electrons. The van der Waals surface area contributed by atoms with Crippen molar-refractivity contribution in [3.63, 3.8) is 0 Å². The summed E-state index contributed by atoms with van der Waals surface area (Å²) in [7, 11) is 0. The molecule has 0 saturated heterocycles. The number of carbonyl (C=O) groups is 1. The van der Waals surface area contributed by atoms with Crippen molar-refractivity contribution in [1.29, 1.82) is 5.26 Å². The normalized spacial score (nSPS) is 11.0. The third-order valence-electron chi connectivity index (χ3n) is 3.61. The summed E-state index contributed by atoms with van der Waals surface area (Å²) in [6.07, 6.45) is 2.30. The van der Waals surface area contributed by atoms with Crippen LogP contribution in [-0.4, -0.2) is 12.5 Å². The standard InChI is InChI=1S/C20H18Cl2N2O2/c1-3-9-26-19-8-7-16(21)11-14(19)10-15(12-23)20(25)24-18-6-4-5-17(22)13(18)2/h4-8,10-11H,3,9H2,1-2H3,(H,24,25)/b15-10+. The van der Waals surface area contributed by atoms with E-state index in [4.69, 9.17) is 27.9 Å². The number of halogens is 2. The topological polar surface area (TPSA) is 62.1 Å². The number of anilines is 1. The molecule has 0 aliphatic heterocycles. The number of rotatable bonds is 6. The van der Waals surface area contributed by atoms with Crippen molar-refractivity contribution in [1.82, 2.24) is 0 Å². The number of carbonyl (C=O) groups excluding carboxylic acids is 1. The maximum atomic E-state index is 12.5. The molecule has 2 rings (SSSR count). The molecular formula is C20H18Cl2N2O2. The summed E-state index contributed by atoms with van der Waals surface area (Å²) in [5.74, 6) is 0.0371. The van der Waals surface area contributed by atoms with Crippen LogP contribution in [0.1, 0.15) is 24.5 Å².